The monoisotopic (exact) mass is 405 g/mol. The summed E-state index contributed by atoms with van der Waals surface area (Å²) in [6.45, 7) is 1.75. The molecule has 2 rings (SSSR count). The SMILES string of the molecule is CCOc1ccc(C(=O)NCC(=O)NNC(=O)COc2ccccc2Cl)cc1. The van der Waals surface area contributed by atoms with E-state index in [4.69, 9.17) is 21.1 Å². The largest absolute Gasteiger partial charge is 0.494 e. The third-order valence-electron chi connectivity index (χ3n) is 3.37. The first-order chi connectivity index (χ1) is 13.5. The Morgan fingerprint density at radius 3 is 2.29 bits per heavy atom. The summed E-state index contributed by atoms with van der Waals surface area (Å²) in [5, 5.41) is 2.82. The van der Waals surface area contributed by atoms with Gasteiger partial charge in [-0.15, -0.1) is 0 Å². The number of hydrogen-bond acceptors (Lipinski definition) is 5. The minimum atomic E-state index is -0.592. The Morgan fingerprint density at radius 2 is 1.61 bits per heavy atom. The summed E-state index contributed by atoms with van der Waals surface area (Å²) in [5.41, 5.74) is 4.75. The van der Waals surface area contributed by atoms with Gasteiger partial charge in [-0.25, -0.2) is 0 Å². The molecule has 2 aromatic rings. The number of benzene rings is 2. The summed E-state index contributed by atoms with van der Waals surface area (Å²) in [4.78, 5) is 35.4. The second kappa shape index (κ2) is 10.8. The maximum atomic E-state index is 12.0. The van der Waals surface area contributed by atoms with Crippen LogP contribution in [0.15, 0.2) is 48.5 Å². The summed E-state index contributed by atoms with van der Waals surface area (Å²) in [7, 11) is 0. The van der Waals surface area contributed by atoms with Gasteiger partial charge < -0.3 is 14.8 Å². The molecule has 2 aromatic carbocycles. The van der Waals surface area contributed by atoms with Crippen LogP contribution in [0.25, 0.3) is 0 Å². The van der Waals surface area contributed by atoms with Gasteiger partial charge in [0.2, 0.25) is 0 Å². The fraction of sp³-hybridized carbons (Fsp3) is 0.211. The quantitative estimate of drug-likeness (QED) is 0.579. The van der Waals surface area contributed by atoms with Crippen LogP contribution in [0.4, 0.5) is 0 Å². The fourth-order valence-corrected chi connectivity index (χ4v) is 2.25. The van der Waals surface area contributed by atoms with Gasteiger partial charge >= 0.3 is 0 Å². The lowest BCUT2D eigenvalue weighted by molar-refractivity contribution is -0.129. The van der Waals surface area contributed by atoms with E-state index in [0.29, 0.717) is 28.7 Å². The van der Waals surface area contributed by atoms with E-state index < -0.39 is 17.7 Å². The lowest BCUT2D eigenvalue weighted by Gasteiger charge is -2.10. The number of ether oxygens (including phenoxy) is 2. The van der Waals surface area contributed by atoms with E-state index in [9.17, 15) is 14.4 Å². The van der Waals surface area contributed by atoms with Crippen LogP contribution in [-0.4, -0.2) is 37.5 Å². The number of para-hydroxylation sites is 1. The van der Waals surface area contributed by atoms with Gasteiger partial charge in [0.1, 0.15) is 11.5 Å². The van der Waals surface area contributed by atoms with Crippen molar-refractivity contribution in [2.45, 2.75) is 6.92 Å². The molecule has 0 spiro atoms. The number of amides is 3. The van der Waals surface area contributed by atoms with Crippen molar-refractivity contribution in [2.75, 3.05) is 19.8 Å². The lowest BCUT2D eigenvalue weighted by atomic mass is 10.2. The molecule has 3 amide bonds. The minimum absolute atomic E-state index is 0.308. The standard InChI is InChI=1S/C19H20ClN3O5/c1-2-27-14-9-7-13(8-10-14)19(26)21-11-17(24)22-23-18(25)12-28-16-6-4-3-5-15(16)20/h3-10H,2,11-12H2,1H3,(H,21,26)(H,22,24)(H,23,25). The highest BCUT2D eigenvalue weighted by Gasteiger charge is 2.10. The molecule has 0 aliphatic carbocycles. The average molecular weight is 406 g/mol. The van der Waals surface area contributed by atoms with Gasteiger partial charge in [-0.3, -0.25) is 25.2 Å². The highest BCUT2D eigenvalue weighted by Crippen LogP contribution is 2.22. The van der Waals surface area contributed by atoms with Crippen LogP contribution in [0, 0.1) is 0 Å². The molecule has 0 atom stereocenters. The first-order valence-electron chi connectivity index (χ1n) is 8.45. The van der Waals surface area contributed by atoms with Gasteiger partial charge in [-0.05, 0) is 43.3 Å². The Balaban J connectivity index is 1.68. The normalized spacial score (nSPS) is 9.93. The molecule has 0 saturated carbocycles. The molecule has 0 saturated heterocycles. The molecule has 0 aliphatic rings. The lowest BCUT2D eigenvalue weighted by Crippen LogP contribution is -2.47. The number of nitrogens with one attached hydrogen (secondary N) is 3. The smallest absolute Gasteiger partial charge is 0.276 e. The van der Waals surface area contributed by atoms with Crippen molar-refractivity contribution in [3.05, 3.63) is 59.1 Å². The summed E-state index contributed by atoms with van der Waals surface area (Å²) >= 11 is 5.91. The Hall–Kier alpha value is -3.26. The Kier molecular flexibility index (Phi) is 8.11. The molecular weight excluding hydrogens is 386 g/mol. The third-order valence-corrected chi connectivity index (χ3v) is 3.69. The number of carbonyl (C=O) groups is 3. The van der Waals surface area contributed by atoms with E-state index in [2.05, 4.69) is 16.2 Å². The van der Waals surface area contributed by atoms with Crippen molar-refractivity contribution in [2.24, 2.45) is 0 Å². The van der Waals surface area contributed by atoms with Crippen LogP contribution in [0.2, 0.25) is 5.02 Å². The topological polar surface area (TPSA) is 106 Å². The molecule has 0 radical (unpaired) electrons. The summed E-state index contributed by atoms with van der Waals surface area (Å²) in [5.74, 6) is -0.588. The molecule has 9 heteroatoms. The van der Waals surface area contributed by atoms with Crippen LogP contribution in [0.5, 0.6) is 11.5 Å². The predicted molar refractivity (Wildman–Crippen MR) is 103 cm³/mol. The van der Waals surface area contributed by atoms with Gasteiger partial charge in [0.05, 0.1) is 18.2 Å². The van der Waals surface area contributed by atoms with Crippen LogP contribution < -0.4 is 25.6 Å². The number of carbonyl (C=O) groups excluding carboxylic acids is 3. The molecule has 0 heterocycles. The molecular formula is C19H20ClN3O5. The third kappa shape index (κ3) is 6.81. The van der Waals surface area contributed by atoms with Crippen LogP contribution in [0.3, 0.4) is 0 Å². The fourth-order valence-electron chi connectivity index (χ4n) is 2.06. The molecule has 148 valence electrons. The zero-order valence-corrected chi connectivity index (χ0v) is 15.9. The van der Waals surface area contributed by atoms with Gasteiger partial charge in [0.25, 0.3) is 17.7 Å². The number of halogens is 1. The maximum Gasteiger partial charge on any atom is 0.276 e. The highest BCUT2D eigenvalue weighted by atomic mass is 35.5. The average Bonchev–Trinajstić information content (AvgIpc) is 2.70. The maximum absolute atomic E-state index is 12.0. The van der Waals surface area contributed by atoms with Gasteiger partial charge in [-0.1, -0.05) is 23.7 Å². The number of hydrogen-bond donors (Lipinski definition) is 3. The second-order valence-corrected chi connectivity index (χ2v) is 5.86. The van der Waals surface area contributed by atoms with Crippen molar-refractivity contribution in [1.82, 2.24) is 16.2 Å². The number of hydrazine groups is 1. The molecule has 3 N–H and O–H groups in total. The van der Waals surface area contributed by atoms with E-state index in [-0.39, 0.29) is 13.2 Å². The Labute approximate surface area is 167 Å². The molecule has 0 bridgehead atoms. The molecule has 0 unspecified atom stereocenters. The van der Waals surface area contributed by atoms with Crippen LogP contribution >= 0.6 is 11.6 Å². The molecule has 8 nitrogen and oxygen atoms in total. The summed E-state index contributed by atoms with van der Waals surface area (Å²) < 4.78 is 10.5. The minimum Gasteiger partial charge on any atom is -0.494 e. The Morgan fingerprint density at radius 1 is 0.929 bits per heavy atom. The van der Waals surface area contributed by atoms with E-state index >= 15 is 0 Å². The zero-order valence-electron chi connectivity index (χ0n) is 15.2. The molecule has 0 fully saturated rings. The van der Waals surface area contributed by atoms with Crippen molar-refractivity contribution < 1.29 is 23.9 Å². The second-order valence-electron chi connectivity index (χ2n) is 5.46. The zero-order chi connectivity index (χ0) is 20.4. The predicted octanol–water partition coefficient (Wildman–Crippen LogP) is 1.69. The Bertz CT molecular complexity index is 827. The van der Waals surface area contributed by atoms with Gasteiger partial charge in [0, 0.05) is 5.56 Å². The van der Waals surface area contributed by atoms with Crippen molar-refractivity contribution >= 4 is 29.3 Å². The molecule has 0 aliphatic heterocycles. The first-order valence-corrected chi connectivity index (χ1v) is 8.83. The van der Waals surface area contributed by atoms with Gasteiger partial charge in [0.15, 0.2) is 6.61 Å². The molecule has 0 aromatic heterocycles. The van der Waals surface area contributed by atoms with E-state index in [1.54, 1.807) is 48.5 Å². The van der Waals surface area contributed by atoms with E-state index in [0.717, 1.165) is 0 Å². The summed E-state index contributed by atoms with van der Waals surface area (Å²) in [6.07, 6.45) is 0. The first kappa shape index (κ1) is 21.0. The van der Waals surface area contributed by atoms with Crippen molar-refractivity contribution in [1.29, 1.82) is 0 Å². The van der Waals surface area contributed by atoms with Gasteiger partial charge in [-0.2, -0.15) is 0 Å². The van der Waals surface area contributed by atoms with Crippen LogP contribution in [0.1, 0.15) is 17.3 Å². The van der Waals surface area contributed by atoms with Crippen molar-refractivity contribution in [3.8, 4) is 11.5 Å². The van der Waals surface area contributed by atoms with E-state index in [1.807, 2.05) is 6.92 Å². The highest BCUT2D eigenvalue weighted by molar-refractivity contribution is 6.32. The van der Waals surface area contributed by atoms with Crippen LogP contribution in [-0.2, 0) is 9.59 Å². The molecule has 28 heavy (non-hydrogen) atoms. The van der Waals surface area contributed by atoms with E-state index in [1.165, 1.54) is 0 Å². The summed E-state index contributed by atoms with van der Waals surface area (Å²) in [6, 6.07) is 13.2. The number of rotatable bonds is 8. The van der Waals surface area contributed by atoms with Crippen molar-refractivity contribution in [3.63, 3.8) is 0 Å².